The summed E-state index contributed by atoms with van der Waals surface area (Å²) in [6, 6.07) is -0.140. The summed E-state index contributed by atoms with van der Waals surface area (Å²) in [5.74, 6) is -0.186. The van der Waals surface area contributed by atoms with Crippen LogP contribution in [0.3, 0.4) is 0 Å². The molecule has 21 heavy (non-hydrogen) atoms. The van der Waals surface area contributed by atoms with Crippen LogP contribution in [0, 0.1) is 5.92 Å². The fourth-order valence-electron chi connectivity index (χ4n) is 1.88. The van der Waals surface area contributed by atoms with E-state index >= 15 is 0 Å². The molecule has 0 bridgehead atoms. The molecular formula is C15H27N3O3. The van der Waals surface area contributed by atoms with E-state index in [-0.39, 0.29) is 36.4 Å². The van der Waals surface area contributed by atoms with E-state index < -0.39 is 0 Å². The Bertz CT molecular complexity index is 403. The van der Waals surface area contributed by atoms with Crippen molar-refractivity contribution in [3.05, 3.63) is 11.6 Å². The van der Waals surface area contributed by atoms with Crippen LogP contribution in [-0.4, -0.2) is 48.8 Å². The molecule has 0 spiro atoms. The lowest BCUT2D eigenvalue weighted by Gasteiger charge is -2.29. The molecule has 3 amide bonds. The summed E-state index contributed by atoms with van der Waals surface area (Å²) < 4.78 is 0. The van der Waals surface area contributed by atoms with Gasteiger partial charge in [-0.05, 0) is 26.7 Å². The van der Waals surface area contributed by atoms with Gasteiger partial charge in [-0.3, -0.25) is 14.4 Å². The third kappa shape index (κ3) is 6.92. The van der Waals surface area contributed by atoms with Crippen LogP contribution in [-0.2, 0) is 14.4 Å². The second-order valence-electron chi connectivity index (χ2n) is 5.72. The molecule has 0 unspecified atom stereocenters. The first-order chi connectivity index (χ1) is 9.70. The van der Waals surface area contributed by atoms with Gasteiger partial charge in [0.2, 0.25) is 18.2 Å². The fraction of sp³-hybridized carbons (Fsp3) is 0.667. The van der Waals surface area contributed by atoms with Crippen molar-refractivity contribution in [1.82, 2.24) is 15.5 Å². The Morgan fingerprint density at radius 1 is 1.19 bits per heavy atom. The maximum atomic E-state index is 12.0. The van der Waals surface area contributed by atoms with Gasteiger partial charge < -0.3 is 15.5 Å². The first-order valence-electron chi connectivity index (χ1n) is 7.12. The molecule has 0 aliphatic rings. The first kappa shape index (κ1) is 19.1. The Kier molecular flexibility index (Phi) is 8.35. The maximum absolute atomic E-state index is 12.0. The molecule has 0 rings (SSSR count). The van der Waals surface area contributed by atoms with Crippen molar-refractivity contribution in [2.24, 2.45) is 5.92 Å². The lowest BCUT2D eigenvalue weighted by molar-refractivity contribution is -0.132. The number of amides is 3. The minimum Gasteiger partial charge on any atom is -0.350 e. The molecule has 0 saturated carbocycles. The Labute approximate surface area is 127 Å². The van der Waals surface area contributed by atoms with E-state index in [4.69, 9.17) is 0 Å². The molecule has 0 saturated heterocycles. The molecule has 1 atom stereocenters. The monoisotopic (exact) mass is 297 g/mol. The van der Waals surface area contributed by atoms with Crippen molar-refractivity contribution in [3.8, 4) is 0 Å². The smallest absolute Gasteiger partial charge is 0.246 e. The number of nitrogens with zero attached hydrogens (tertiary/aromatic N) is 1. The van der Waals surface area contributed by atoms with Crippen molar-refractivity contribution in [2.45, 2.75) is 46.7 Å². The molecule has 6 nitrogen and oxygen atoms in total. The summed E-state index contributed by atoms with van der Waals surface area (Å²) in [7, 11) is 1.67. The van der Waals surface area contributed by atoms with Gasteiger partial charge in [-0.2, -0.15) is 0 Å². The Morgan fingerprint density at radius 3 is 2.19 bits per heavy atom. The highest BCUT2D eigenvalue weighted by Crippen LogP contribution is 2.13. The summed E-state index contributed by atoms with van der Waals surface area (Å²) in [5.41, 5.74) is 0.574. The predicted molar refractivity (Wildman–Crippen MR) is 82.5 cm³/mol. The van der Waals surface area contributed by atoms with E-state index in [0.29, 0.717) is 12.0 Å². The van der Waals surface area contributed by atoms with E-state index in [1.165, 1.54) is 0 Å². The van der Waals surface area contributed by atoms with Gasteiger partial charge in [0.1, 0.15) is 0 Å². The second-order valence-corrected chi connectivity index (χ2v) is 5.72. The van der Waals surface area contributed by atoms with E-state index in [0.717, 1.165) is 0 Å². The van der Waals surface area contributed by atoms with E-state index in [2.05, 4.69) is 10.6 Å². The van der Waals surface area contributed by atoms with Gasteiger partial charge in [-0.25, -0.2) is 0 Å². The van der Waals surface area contributed by atoms with Crippen LogP contribution >= 0.6 is 0 Å². The van der Waals surface area contributed by atoms with Crippen LogP contribution in [0.5, 0.6) is 0 Å². The summed E-state index contributed by atoms with van der Waals surface area (Å²) in [4.78, 5) is 35.7. The standard InChI is InChI=1S/C15H27N3O3/c1-10(2)13(18(6)14(20)8-16-9-19)7-12(5)15(21)17-11(3)4/h7,9-11,13H,8H2,1-6H3,(H,16,19)(H,17,21)/t13-/m1/s1. The normalized spacial score (nSPS) is 13.0. The zero-order valence-corrected chi connectivity index (χ0v) is 13.8. The van der Waals surface area contributed by atoms with Crippen molar-refractivity contribution in [3.63, 3.8) is 0 Å². The van der Waals surface area contributed by atoms with Crippen LogP contribution in [0.2, 0.25) is 0 Å². The third-order valence-corrected chi connectivity index (χ3v) is 3.06. The minimum atomic E-state index is -0.205. The molecule has 0 fully saturated rings. The Morgan fingerprint density at radius 2 is 1.76 bits per heavy atom. The van der Waals surface area contributed by atoms with Gasteiger partial charge in [0, 0.05) is 18.7 Å². The van der Waals surface area contributed by atoms with Crippen molar-refractivity contribution in [2.75, 3.05) is 13.6 Å². The second kappa shape index (κ2) is 9.15. The number of likely N-dealkylation sites (N-methyl/N-ethyl adjacent to an activating group) is 1. The van der Waals surface area contributed by atoms with Gasteiger partial charge in [-0.15, -0.1) is 0 Å². The summed E-state index contributed by atoms with van der Waals surface area (Å²) in [5, 5.41) is 5.17. The molecule has 0 aromatic carbocycles. The third-order valence-electron chi connectivity index (χ3n) is 3.06. The van der Waals surface area contributed by atoms with E-state index in [9.17, 15) is 14.4 Å². The molecular weight excluding hydrogens is 270 g/mol. The quantitative estimate of drug-likeness (QED) is 0.511. The molecule has 2 N–H and O–H groups in total. The van der Waals surface area contributed by atoms with Crippen LogP contribution in [0.15, 0.2) is 11.6 Å². The molecule has 0 heterocycles. The highest BCUT2D eigenvalue weighted by Gasteiger charge is 2.22. The predicted octanol–water partition coefficient (Wildman–Crippen LogP) is 0.686. The minimum absolute atomic E-state index is 0.0473. The number of carbonyl (C=O) groups excluding carboxylic acids is 3. The molecule has 0 aromatic heterocycles. The van der Waals surface area contributed by atoms with Gasteiger partial charge in [0.05, 0.1) is 12.6 Å². The van der Waals surface area contributed by atoms with Gasteiger partial charge >= 0.3 is 0 Å². The van der Waals surface area contributed by atoms with E-state index in [1.807, 2.05) is 27.7 Å². The van der Waals surface area contributed by atoms with Crippen molar-refractivity contribution >= 4 is 18.2 Å². The summed E-state index contributed by atoms with van der Waals surface area (Å²) in [6.07, 6.45) is 2.29. The molecule has 0 aromatic rings. The molecule has 6 heteroatoms. The zero-order valence-electron chi connectivity index (χ0n) is 13.8. The van der Waals surface area contributed by atoms with Crippen molar-refractivity contribution in [1.29, 1.82) is 0 Å². The lowest BCUT2D eigenvalue weighted by Crippen LogP contribution is -2.44. The maximum Gasteiger partial charge on any atom is 0.246 e. The highest BCUT2D eigenvalue weighted by molar-refractivity contribution is 5.93. The number of hydrogen-bond donors (Lipinski definition) is 2. The fourth-order valence-corrected chi connectivity index (χ4v) is 1.88. The molecule has 0 aliphatic heterocycles. The topological polar surface area (TPSA) is 78.5 Å². The molecule has 120 valence electrons. The molecule has 0 radical (unpaired) electrons. The average Bonchev–Trinajstić information content (AvgIpc) is 2.39. The highest BCUT2D eigenvalue weighted by atomic mass is 16.2. The van der Waals surface area contributed by atoms with Crippen LogP contribution in [0.4, 0.5) is 0 Å². The number of carbonyl (C=O) groups is 3. The van der Waals surface area contributed by atoms with Crippen molar-refractivity contribution < 1.29 is 14.4 Å². The number of nitrogens with one attached hydrogen (secondary N) is 2. The Balaban J connectivity index is 5.01. The summed E-state index contributed by atoms with van der Waals surface area (Å²) in [6.45, 7) is 9.43. The van der Waals surface area contributed by atoms with Gasteiger partial charge in [0.25, 0.3) is 0 Å². The zero-order chi connectivity index (χ0) is 16.6. The van der Waals surface area contributed by atoms with Crippen LogP contribution in [0.1, 0.15) is 34.6 Å². The SMILES string of the molecule is CC(=C[C@H](C(C)C)N(C)C(=O)CNC=O)C(=O)NC(C)C. The molecule has 0 aliphatic carbocycles. The van der Waals surface area contributed by atoms with E-state index in [1.54, 1.807) is 24.9 Å². The Hall–Kier alpha value is -1.85. The van der Waals surface area contributed by atoms with Gasteiger partial charge in [-0.1, -0.05) is 19.9 Å². The summed E-state index contributed by atoms with van der Waals surface area (Å²) >= 11 is 0. The van der Waals surface area contributed by atoms with Crippen LogP contribution in [0.25, 0.3) is 0 Å². The largest absolute Gasteiger partial charge is 0.350 e. The first-order valence-corrected chi connectivity index (χ1v) is 7.12. The van der Waals surface area contributed by atoms with Gasteiger partial charge in [0.15, 0.2) is 0 Å². The average molecular weight is 297 g/mol. The lowest BCUT2D eigenvalue weighted by atomic mass is 9.99. The van der Waals surface area contributed by atoms with Crippen LogP contribution < -0.4 is 10.6 Å². The number of rotatable bonds is 8. The number of hydrogen-bond acceptors (Lipinski definition) is 3.